The number of phosphoric acid groups is 2. The number of amides is 1. The summed E-state index contributed by atoms with van der Waals surface area (Å²) < 4.78 is 98.9. The quantitative estimate of drug-likeness (QED) is 0.0164. The Kier molecular flexibility index (Phi) is 53.4. The molecule has 0 radical (unpaired) electrons. The Balaban J connectivity index is 2.59. The number of hydrogen-bond donors (Lipinski definition) is 5. The van der Waals surface area contributed by atoms with Gasteiger partial charge in [-0.15, -0.1) is 0 Å². The molecule has 0 aromatic heterocycles. The molecular weight excluding hydrogens is 1240 g/mol. The first-order chi connectivity index (χ1) is 45.1. The van der Waals surface area contributed by atoms with Gasteiger partial charge in [-0.25, -0.2) is 13.9 Å². The summed E-state index contributed by atoms with van der Waals surface area (Å²) in [5.41, 5.74) is 0. The van der Waals surface area contributed by atoms with E-state index in [-0.39, 0.29) is 45.6 Å². The molecule has 0 unspecified atom stereocenters. The predicted octanol–water partition coefficient (Wildman–Crippen LogP) is 16.7. The van der Waals surface area contributed by atoms with Crippen LogP contribution in [0, 0.1) is 0 Å². The maximum atomic E-state index is 14.3. The van der Waals surface area contributed by atoms with Crippen LogP contribution in [-0.2, 0) is 70.3 Å². The molecule has 0 aromatic rings. The molecule has 11 atom stereocenters. The average Bonchev–Trinajstić information content (AvgIpc) is 0.807. The van der Waals surface area contributed by atoms with Crippen molar-refractivity contribution >= 4 is 27.7 Å². The number of rotatable bonds is 63. The molecule has 2 saturated heterocycles. The first kappa shape index (κ1) is 87.2. The molecule has 0 bridgehead atoms. The van der Waals surface area contributed by atoms with Crippen LogP contribution >= 0.6 is 15.6 Å². The molecule has 2 rings (SSSR count). The third kappa shape index (κ3) is 44.0. The minimum absolute atomic E-state index is 0.0156. The van der Waals surface area contributed by atoms with Crippen molar-refractivity contribution in [3.8, 4) is 0 Å². The van der Waals surface area contributed by atoms with Crippen LogP contribution in [0.15, 0.2) is 24.8 Å². The molecule has 0 aromatic carbocycles. The molecule has 0 aliphatic carbocycles. The summed E-state index contributed by atoms with van der Waals surface area (Å²) in [6.07, 6.45) is 33.5. The van der Waals surface area contributed by atoms with Crippen LogP contribution in [0.1, 0.15) is 291 Å². The molecule has 21 nitrogen and oxygen atoms in total. The first-order valence-corrected chi connectivity index (χ1v) is 39.8. The van der Waals surface area contributed by atoms with E-state index in [4.69, 9.17) is 56.4 Å². The summed E-state index contributed by atoms with van der Waals surface area (Å²) >= 11 is 0. The average molecular weight is 1370 g/mol. The number of hydrogen-bond acceptors (Lipinski definition) is 16. The molecular formula is C70H133NO20P2. The standard InChI is InChI=1S/C70H133NO20P2/c1-8-13-17-21-24-27-30-31-32-33-34-35-38-42-46-50-61(72)71-62-65(84-55-51-58(81-7)49-45-41-20-16-11-4)64(90-92(74,75)76)59(56-80-6)87-68(62)86-57-60-63(89-70(73)85-52-12-5)66(82-53-47-43-39-36-28-25-22-18-14-9-2)67(69(88-60)91-93(77,78)79)83-54-48-44-40-37-29-26-23-19-15-10-3/h12,27,30,58-60,62-69H,5,8-11,13-26,28-29,31-57H2,1-4,6-7H3,(H,71,72)(H2,74,75,76)(H2,77,78,79)/b30-27-/t58-,59-,60-,62-,63-,64-,65-,66+,67-,68-,69+/m1/s1. The Bertz CT molecular complexity index is 1930. The van der Waals surface area contributed by atoms with Crippen molar-refractivity contribution in [1.82, 2.24) is 5.32 Å². The van der Waals surface area contributed by atoms with Gasteiger partial charge in [0.15, 0.2) is 18.7 Å². The van der Waals surface area contributed by atoms with E-state index in [1.54, 1.807) is 7.11 Å². The normalized spacial score (nSPS) is 22.3. The van der Waals surface area contributed by atoms with E-state index in [1.807, 2.05) is 0 Å². The van der Waals surface area contributed by atoms with Crippen LogP contribution in [0.4, 0.5) is 4.79 Å². The minimum atomic E-state index is -5.33. The van der Waals surface area contributed by atoms with E-state index in [2.05, 4.69) is 51.7 Å². The second-order valence-corrected chi connectivity index (χ2v) is 28.0. The topological polar surface area (TPSA) is 272 Å². The maximum absolute atomic E-state index is 14.3. The Hall–Kier alpha value is -1.88. The summed E-state index contributed by atoms with van der Waals surface area (Å²) in [4.78, 5) is 69.7. The van der Waals surface area contributed by atoms with Crippen molar-refractivity contribution in [2.24, 2.45) is 0 Å². The summed E-state index contributed by atoms with van der Waals surface area (Å²) in [5.74, 6) is -0.410. The molecule has 2 fully saturated rings. The van der Waals surface area contributed by atoms with Crippen molar-refractivity contribution in [3.63, 3.8) is 0 Å². The second kappa shape index (κ2) is 56.9. The number of phosphoric ester groups is 2. The third-order valence-corrected chi connectivity index (χ3v) is 18.4. The van der Waals surface area contributed by atoms with Crippen molar-refractivity contribution in [1.29, 1.82) is 0 Å². The Morgan fingerprint density at radius 3 is 1.42 bits per heavy atom. The minimum Gasteiger partial charge on any atom is -0.430 e. The van der Waals surface area contributed by atoms with Crippen molar-refractivity contribution in [2.45, 2.75) is 358 Å². The van der Waals surface area contributed by atoms with Gasteiger partial charge in [0, 0.05) is 40.5 Å². The van der Waals surface area contributed by atoms with Crippen LogP contribution in [0.2, 0.25) is 0 Å². The Morgan fingerprint density at radius 1 is 0.484 bits per heavy atom. The van der Waals surface area contributed by atoms with E-state index in [0.717, 1.165) is 141 Å². The van der Waals surface area contributed by atoms with Crippen molar-refractivity contribution in [2.75, 3.05) is 53.9 Å². The van der Waals surface area contributed by atoms with Crippen LogP contribution in [0.5, 0.6) is 0 Å². The Morgan fingerprint density at radius 2 is 0.925 bits per heavy atom. The number of unbranched alkanes of at least 4 members (excludes halogenated alkanes) is 33. The molecule has 2 aliphatic rings. The summed E-state index contributed by atoms with van der Waals surface area (Å²) in [6, 6.07) is -1.31. The van der Waals surface area contributed by atoms with Gasteiger partial charge in [0.25, 0.3) is 0 Å². The highest BCUT2D eigenvalue weighted by Gasteiger charge is 2.55. The number of carbonyl (C=O) groups is 2. The number of ether oxygens (including phenoxy) is 10. The number of methoxy groups -OCH3 is 2. The molecule has 548 valence electrons. The Labute approximate surface area is 562 Å². The number of allylic oxidation sites excluding steroid dienone is 2. The SMILES string of the molecule is C=CCOC(=O)O[C@H]1[C@H](OCCCCCCCCCCCC)[C@@H](OCCCCCCCCCCCC)[C@H](OP(=O)(O)O)O[C@@H]1CO[C@@H]1O[C@H](COC)[C@@H](OP(=O)(O)O)[C@H](OCC[C@@H](CCCCCCC)OC)[C@H]1NC(=O)CCCCCCCCC/C=C\CCCCCC. The van der Waals surface area contributed by atoms with Gasteiger partial charge in [-0.05, 0) is 57.8 Å². The summed E-state index contributed by atoms with van der Waals surface area (Å²) in [7, 11) is -7.60. The molecule has 1 amide bonds. The summed E-state index contributed by atoms with van der Waals surface area (Å²) in [5, 5.41) is 3.03. The van der Waals surface area contributed by atoms with Gasteiger partial charge >= 0.3 is 21.8 Å². The zero-order valence-corrected chi connectivity index (χ0v) is 60.5. The molecule has 23 heteroatoms. The number of nitrogens with one attached hydrogen (secondary N) is 1. The largest absolute Gasteiger partial charge is 0.509 e. The maximum Gasteiger partial charge on any atom is 0.509 e. The van der Waals surface area contributed by atoms with Crippen molar-refractivity contribution in [3.05, 3.63) is 24.8 Å². The molecule has 2 aliphatic heterocycles. The van der Waals surface area contributed by atoms with Crippen LogP contribution < -0.4 is 5.32 Å². The van der Waals surface area contributed by atoms with Gasteiger partial charge in [-0.2, -0.15) is 0 Å². The van der Waals surface area contributed by atoms with Crippen LogP contribution in [0.3, 0.4) is 0 Å². The molecule has 5 N–H and O–H groups in total. The van der Waals surface area contributed by atoms with E-state index < -0.39 is 95.7 Å². The van der Waals surface area contributed by atoms with E-state index in [9.17, 15) is 38.3 Å². The van der Waals surface area contributed by atoms with Gasteiger partial charge in [0.2, 0.25) is 5.91 Å². The lowest BCUT2D eigenvalue weighted by molar-refractivity contribution is -0.319. The molecule has 93 heavy (non-hydrogen) atoms. The molecule has 2 heterocycles. The van der Waals surface area contributed by atoms with E-state index in [1.165, 1.54) is 103 Å². The first-order valence-electron chi connectivity index (χ1n) is 36.7. The van der Waals surface area contributed by atoms with E-state index >= 15 is 0 Å². The van der Waals surface area contributed by atoms with Gasteiger partial charge in [0.1, 0.15) is 49.3 Å². The highest BCUT2D eigenvalue weighted by Crippen LogP contribution is 2.44. The lowest BCUT2D eigenvalue weighted by Gasteiger charge is -2.47. The lowest BCUT2D eigenvalue weighted by Crippen LogP contribution is -2.67. The fraction of sp³-hybridized carbons (Fsp3) is 0.914. The predicted molar refractivity (Wildman–Crippen MR) is 365 cm³/mol. The summed E-state index contributed by atoms with van der Waals surface area (Å²) in [6.45, 7) is 11.7. The fourth-order valence-electron chi connectivity index (χ4n) is 12.1. The molecule has 0 spiro atoms. The number of carbonyl (C=O) groups excluding carboxylic acids is 2. The second-order valence-electron chi connectivity index (χ2n) is 25.6. The fourth-order valence-corrected chi connectivity index (χ4v) is 13.1. The van der Waals surface area contributed by atoms with Gasteiger partial charge in [0.05, 0.1) is 19.3 Å². The smallest absolute Gasteiger partial charge is 0.430 e. The van der Waals surface area contributed by atoms with Crippen LogP contribution in [-0.4, -0.2) is 153 Å². The van der Waals surface area contributed by atoms with E-state index in [0.29, 0.717) is 25.7 Å². The zero-order chi connectivity index (χ0) is 68.1. The highest BCUT2D eigenvalue weighted by molar-refractivity contribution is 7.46. The highest BCUT2D eigenvalue weighted by atomic mass is 31.2. The van der Waals surface area contributed by atoms with Gasteiger partial charge < -0.3 is 72.3 Å². The third-order valence-electron chi connectivity index (χ3n) is 17.4. The van der Waals surface area contributed by atoms with Gasteiger partial charge in [-0.1, -0.05) is 252 Å². The van der Waals surface area contributed by atoms with Crippen molar-refractivity contribution < 1.29 is 94.7 Å². The zero-order valence-electron chi connectivity index (χ0n) is 58.7. The lowest BCUT2D eigenvalue weighted by atomic mass is 9.95. The van der Waals surface area contributed by atoms with Gasteiger partial charge in [-0.3, -0.25) is 13.8 Å². The molecule has 0 saturated carbocycles. The monoisotopic (exact) mass is 1370 g/mol. The van der Waals surface area contributed by atoms with Crippen LogP contribution in [0.25, 0.3) is 0 Å².